The molecule has 0 aromatic heterocycles. The van der Waals surface area contributed by atoms with E-state index in [9.17, 15) is 0 Å². The highest BCUT2D eigenvalue weighted by Crippen LogP contribution is 2.54. The summed E-state index contributed by atoms with van der Waals surface area (Å²) in [5.74, 6) is 0. The highest BCUT2D eigenvalue weighted by Gasteiger charge is 2.36. The van der Waals surface area contributed by atoms with Crippen LogP contribution in [-0.4, -0.2) is 0 Å². The summed E-state index contributed by atoms with van der Waals surface area (Å²) in [6.07, 6.45) is 0. The Labute approximate surface area is 404 Å². The topological polar surface area (TPSA) is 6.48 Å². The van der Waals surface area contributed by atoms with E-state index in [0.29, 0.717) is 0 Å². The van der Waals surface area contributed by atoms with Gasteiger partial charge in [0.25, 0.3) is 0 Å². The summed E-state index contributed by atoms with van der Waals surface area (Å²) >= 11 is 0. The predicted molar refractivity (Wildman–Crippen MR) is 295 cm³/mol. The fourth-order valence-electron chi connectivity index (χ4n) is 11.8. The molecule has 12 aromatic carbocycles. The van der Waals surface area contributed by atoms with E-state index >= 15 is 0 Å². The van der Waals surface area contributed by atoms with Gasteiger partial charge >= 0.3 is 0 Å². The van der Waals surface area contributed by atoms with Crippen molar-refractivity contribution >= 4 is 77.2 Å². The first-order valence-electron chi connectivity index (χ1n) is 24.2. The Bertz CT molecular complexity index is 3830. The average molecular weight is 883 g/mol. The third-order valence-corrected chi connectivity index (χ3v) is 14.9. The van der Waals surface area contributed by atoms with E-state index in [0.717, 1.165) is 28.4 Å². The van der Waals surface area contributed by atoms with Crippen LogP contribution < -0.4 is 9.80 Å². The number of anilines is 6. The summed E-state index contributed by atoms with van der Waals surface area (Å²) in [5.41, 5.74) is 19.2. The summed E-state index contributed by atoms with van der Waals surface area (Å²) in [4.78, 5) is 5.00. The van der Waals surface area contributed by atoms with Gasteiger partial charge in [0.15, 0.2) is 0 Å². The molecule has 69 heavy (non-hydrogen) atoms. The van der Waals surface area contributed by atoms with Gasteiger partial charge in [-0.3, -0.25) is 0 Å². The number of benzene rings is 12. The van der Waals surface area contributed by atoms with E-state index in [1.807, 2.05) is 0 Å². The Hall–Kier alpha value is -8.46. The molecule has 0 saturated heterocycles. The van der Waals surface area contributed by atoms with Crippen molar-refractivity contribution < 1.29 is 0 Å². The summed E-state index contributed by atoms with van der Waals surface area (Å²) < 4.78 is 0. The molecular weight excluding hydrogens is 833 g/mol. The second-order valence-corrected chi connectivity index (χ2v) is 19.4. The zero-order valence-electron chi connectivity index (χ0n) is 39.3. The molecule has 0 aliphatic heterocycles. The van der Waals surface area contributed by atoms with Gasteiger partial charge in [-0.2, -0.15) is 0 Å². The fraction of sp³-hybridized carbons (Fsp3) is 0.0746. The fourth-order valence-corrected chi connectivity index (χ4v) is 11.8. The van der Waals surface area contributed by atoms with Gasteiger partial charge in [0.2, 0.25) is 0 Å². The lowest BCUT2D eigenvalue weighted by Crippen LogP contribution is -2.17. The summed E-state index contributed by atoms with van der Waals surface area (Å²) in [6, 6.07) is 85.4. The summed E-state index contributed by atoms with van der Waals surface area (Å²) in [7, 11) is 0. The van der Waals surface area contributed by atoms with Crippen molar-refractivity contribution in [3.63, 3.8) is 0 Å². The highest BCUT2D eigenvalue weighted by molar-refractivity contribution is 6.38. The SMILES string of the molecule is Cc1cc(N(c2ccccc2)c2ccccc2)c2ccc3c(N(c4cc(-c5ccccc5)cc(-c5ccccc5)c4)c4ccc5c(c4)C(C)(C)c4ccccc4-5)cc(C)c4c5ccccc5c1c2c34. The van der Waals surface area contributed by atoms with Gasteiger partial charge in [-0.05, 0) is 158 Å². The molecule has 0 amide bonds. The third-order valence-electron chi connectivity index (χ3n) is 14.9. The van der Waals surface area contributed by atoms with Crippen LogP contribution in [-0.2, 0) is 5.41 Å². The van der Waals surface area contributed by atoms with Crippen LogP contribution in [0.15, 0.2) is 231 Å². The Morgan fingerprint density at radius 1 is 0.290 bits per heavy atom. The molecule has 0 N–H and O–H groups in total. The van der Waals surface area contributed by atoms with Crippen molar-refractivity contribution in [1.29, 1.82) is 0 Å². The van der Waals surface area contributed by atoms with Gasteiger partial charge in [-0.25, -0.2) is 0 Å². The Kier molecular flexibility index (Phi) is 9.36. The van der Waals surface area contributed by atoms with Crippen molar-refractivity contribution in [2.45, 2.75) is 33.1 Å². The molecule has 0 unspecified atom stereocenters. The first-order chi connectivity index (χ1) is 33.8. The van der Waals surface area contributed by atoms with Crippen LogP contribution in [0.3, 0.4) is 0 Å². The number of nitrogens with zero attached hydrogens (tertiary/aromatic N) is 2. The second kappa shape index (κ2) is 15.8. The molecule has 1 aliphatic carbocycles. The van der Waals surface area contributed by atoms with Gasteiger partial charge < -0.3 is 9.80 Å². The molecule has 0 fully saturated rings. The van der Waals surface area contributed by atoms with E-state index in [1.165, 1.54) is 104 Å². The van der Waals surface area contributed by atoms with Crippen LogP contribution in [0.25, 0.3) is 76.5 Å². The number of rotatable bonds is 8. The van der Waals surface area contributed by atoms with E-state index in [2.05, 4.69) is 268 Å². The molecule has 0 radical (unpaired) electrons. The lowest BCUT2D eigenvalue weighted by atomic mass is 9.82. The number of hydrogen-bond donors (Lipinski definition) is 0. The molecule has 2 heteroatoms. The zero-order chi connectivity index (χ0) is 46.4. The number of aryl methyl sites for hydroxylation is 2. The summed E-state index contributed by atoms with van der Waals surface area (Å²) in [6.45, 7) is 9.40. The van der Waals surface area contributed by atoms with Crippen molar-refractivity contribution in [2.24, 2.45) is 0 Å². The molecule has 13 rings (SSSR count). The molecule has 2 nitrogen and oxygen atoms in total. The molecule has 1 aliphatic rings. The monoisotopic (exact) mass is 882 g/mol. The first-order valence-corrected chi connectivity index (χ1v) is 24.2. The Morgan fingerprint density at radius 3 is 1.25 bits per heavy atom. The Morgan fingerprint density at radius 2 is 0.725 bits per heavy atom. The maximum absolute atomic E-state index is 2.56. The average Bonchev–Trinajstić information content (AvgIpc) is 3.63. The van der Waals surface area contributed by atoms with Crippen molar-refractivity contribution in [3.05, 3.63) is 253 Å². The van der Waals surface area contributed by atoms with Gasteiger partial charge in [0, 0.05) is 49.7 Å². The minimum Gasteiger partial charge on any atom is -0.310 e. The van der Waals surface area contributed by atoms with Gasteiger partial charge in [0.1, 0.15) is 0 Å². The first kappa shape index (κ1) is 40.8. The van der Waals surface area contributed by atoms with Crippen LogP contribution in [0.5, 0.6) is 0 Å². The number of para-hydroxylation sites is 2. The van der Waals surface area contributed by atoms with Crippen LogP contribution in [0.4, 0.5) is 34.1 Å². The van der Waals surface area contributed by atoms with Gasteiger partial charge in [-0.1, -0.05) is 178 Å². The molecule has 0 heterocycles. The molecule has 328 valence electrons. The normalized spacial score (nSPS) is 12.8. The molecule has 12 aromatic rings. The molecule has 0 atom stereocenters. The smallest absolute Gasteiger partial charge is 0.0543 e. The minimum atomic E-state index is -0.177. The highest BCUT2D eigenvalue weighted by atomic mass is 15.2. The van der Waals surface area contributed by atoms with E-state index in [-0.39, 0.29) is 5.41 Å². The number of hydrogen-bond acceptors (Lipinski definition) is 2. The van der Waals surface area contributed by atoms with E-state index < -0.39 is 0 Å². The van der Waals surface area contributed by atoms with Gasteiger partial charge in [0.05, 0.1) is 11.4 Å². The summed E-state index contributed by atoms with van der Waals surface area (Å²) in [5, 5.41) is 10.2. The zero-order valence-corrected chi connectivity index (χ0v) is 39.3. The molecule has 0 spiro atoms. The Balaban J connectivity index is 1.15. The van der Waals surface area contributed by atoms with Crippen LogP contribution in [0.2, 0.25) is 0 Å². The molecule has 0 bridgehead atoms. The van der Waals surface area contributed by atoms with Crippen LogP contribution in [0, 0.1) is 13.8 Å². The largest absolute Gasteiger partial charge is 0.310 e. The van der Waals surface area contributed by atoms with Crippen LogP contribution in [0.1, 0.15) is 36.1 Å². The minimum absolute atomic E-state index is 0.177. The van der Waals surface area contributed by atoms with Crippen molar-refractivity contribution in [3.8, 4) is 33.4 Å². The third kappa shape index (κ3) is 6.40. The number of fused-ring (bicyclic) bond motifs is 6. The van der Waals surface area contributed by atoms with E-state index in [4.69, 9.17) is 0 Å². The van der Waals surface area contributed by atoms with E-state index in [1.54, 1.807) is 0 Å². The lowest BCUT2D eigenvalue weighted by Gasteiger charge is -2.32. The maximum Gasteiger partial charge on any atom is 0.0543 e. The molecular formula is C67H50N2. The lowest BCUT2D eigenvalue weighted by molar-refractivity contribution is 0.660. The molecule has 0 saturated carbocycles. The van der Waals surface area contributed by atoms with Crippen LogP contribution >= 0.6 is 0 Å². The standard InChI is InChI=1S/C67H50N2/c1-43-37-61(68(49-25-13-7-14-26-49)50-27-15-8-16-28-50)57-35-36-58-62(38-44(2)64-56-31-18-17-30-55(56)63(43)65(57)66(58)64)69(51-33-34-54-53-29-19-20-32-59(53)67(3,4)60(54)42-51)52-40-47(45-21-9-5-10-22-45)39-48(41-52)46-23-11-6-12-24-46/h5-42H,1-4H3. The second-order valence-electron chi connectivity index (χ2n) is 19.4. The predicted octanol–water partition coefficient (Wildman–Crippen LogP) is 18.9. The quantitative estimate of drug-likeness (QED) is 0.111. The maximum atomic E-state index is 2.56. The van der Waals surface area contributed by atoms with Crippen molar-refractivity contribution in [2.75, 3.05) is 9.80 Å². The van der Waals surface area contributed by atoms with Gasteiger partial charge in [-0.15, -0.1) is 0 Å². The van der Waals surface area contributed by atoms with Crippen molar-refractivity contribution in [1.82, 2.24) is 0 Å².